The van der Waals surface area contributed by atoms with Gasteiger partial charge < -0.3 is 10.6 Å². The second-order valence-corrected chi connectivity index (χ2v) is 6.19. The van der Waals surface area contributed by atoms with E-state index in [1.807, 2.05) is 23.9 Å². The van der Waals surface area contributed by atoms with Crippen LogP contribution in [0.1, 0.15) is 37.2 Å². The van der Waals surface area contributed by atoms with E-state index in [2.05, 4.69) is 29.0 Å². The number of carbonyl (C=O) groups is 1. The highest BCUT2D eigenvalue weighted by Crippen LogP contribution is 2.31. The van der Waals surface area contributed by atoms with E-state index in [9.17, 15) is 4.79 Å². The average molecular weight is 292 g/mol. The predicted molar refractivity (Wildman–Crippen MR) is 87.5 cm³/mol. The molecule has 0 aliphatic carbocycles. The Morgan fingerprint density at radius 1 is 1.35 bits per heavy atom. The van der Waals surface area contributed by atoms with Crippen molar-refractivity contribution < 1.29 is 4.79 Å². The number of rotatable bonds is 7. The molecule has 0 spiro atoms. The minimum atomic E-state index is 0.0126. The maximum absolute atomic E-state index is 12.3. The summed E-state index contributed by atoms with van der Waals surface area (Å²) in [6.07, 6.45) is 6.54. The van der Waals surface area contributed by atoms with Crippen LogP contribution in [-0.2, 0) is 4.79 Å². The molecule has 1 aliphatic heterocycles. The van der Waals surface area contributed by atoms with E-state index < -0.39 is 0 Å². The quantitative estimate of drug-likeness (QED) is 0.758. The summed E-state index contributed by atoms with van der Waals surface area (Å²) in [4.78, 5) is 12.3. The van der Waals surface area contributed by atoms with Gasteiger partial charge in [-0.3, -0.25) is 4.79 Å². The molecule has 4 heteroatoms. The van der Waals surface area contributed by atoms with Crippen LogP contribution in [0, 0.1) is 0 Å². The third-order valence-corrected chi connectivity index (χ3v) is 4.42. The number of nitrogens with one attached hydrogen (secondary N) is 2. The monoisotopic (exact) mass is 292 g/mol. The zero-order valence-corrected chi connectivity index (χ0v) is 13.0. The molecule has 0 fully saturated rings. The zero-order chi connectivity index (χ0) is 14.2. The van der Waals surface area contributed by atoms with Crippen LogP contribution in [0.15, 0.2) is 24.3 Å². The van der Waals surface area contributed by atoms with Crippen LogP contribution < -0.4 is 10.6 Å². The van der Waals surface area contributed by atoms with Gasteiger partial charge in [-0.05, 0) is 42.9 Å². The molecule has 1 unspecified atom stereocenters. The summed E-state index contributed by atoms with van der Waals surface area (Å²) in [5.74, 6) is 1.41. The van der Waals surface area contributed by atoms with E-state index in [4.69, 9.17) is 0 Å². The lowest BCUT2D eigenvalue weighted by atomic mass is 9.90. The molecule has 0 saturated heterocycles. The minimum absolute atomic E-state index is 0.0126. The van der Waals surface area contributed by atoms with E-state index in [1.165, 1.54) is 18.6 Å². The number of carbonyl (C=O) groups excluding carboxylic acids is 1. The van der Waals surface area contributed by atoms with Gasteiger partial charge >= 0.3 is 0 Å². The van der Waals surface area contributed by atoms with Crippen molar-refractivity contribution in [2.24, 2.45) is 0 Å². The molecule has 0 bridgehead atoms. The van der Waals surface area contributed by atoms with Crippen molar-refractivity contribution in [3.63, 3.8) is 0 Å². The molecule has 1 amide bonds. The number of hydrogen-bond acceptors (Lipinski definition) is 3. The lowest BCUT2D eigenvalue weighted by molar-refractivity contribution is -0.122. The summed E-state index contributed by atoms with van der Waals surface area (Å²) >= 11 is 1.89. The molecule has 1 aromatic rings. The summed E-state index contributed by atoms with van der Waals surface area (Å²) < 4.78 is 0. The molecular formula is C16H24N2OS. The fourth-order valence-electron chi connectivity index (χ4n) is 2.62. The standard InChI is InChI=1S/C16H24N2OS/c1-20-12-6-2-5-10-18-16(19)14-9-11-17-15-8-4-3-7-13(14)15/h3-4,7-8,14,17H,2,5-6,9-12H2,1H3,(H,18,19). The van der Waals surface area contributed by atoms with Crippen LogP contribution in [0.4, 0.5) is 5.69 Å². The maximum atomic E-state index is 12.3. The van der Waals surface area contributed by atoms with Crippen molar-refractivity contribution in [3.8, 4) is 0 Å². The van der Waals surface area contributed by atoms with Crippen molar-refractivity contribution in [1.29, 1.82) is 0 Å². The second-order valence-electron chi connectivity index (χ2n) is 5.20. The van der Waals surface area contributed by atoms with E-state index in [0.717, 1.165) is 37.2 Å². The summed E-state index contributed by atoms with van der Waals surface area (Å²) in [5, 5.41) is 6.45. The topological polar surface area (TPSA) is 41.1 Å². The van der Waals surface area contributed by atoms with Crippen LogP contribution in [0.3, 0.4) is 0 Å². The number of amides is 1. The molecule has 20 heavy (non-hydrogen) atoms. The van der Waals surface area contributed by atoms with Crippen LogP contribution in [0.2, 0.25) is 0 Å². The van der Waals surface area contributed by atoms with Gasteiger partial charge in [0.25, 0.3) is 0 Å². The fourth-order valence-corrected chi connectivity index (χ4v) is 3.12. The van der Waals surface area contributed by atoms with Crippen molar-refractivity contribution in [2.75, 3.05) is 30.4 Å². The average Bonchev–Trinajstić information content (AvgIpc) is 2.50. The molecule has 110 valence electrons. The molecule has 0 aromatic heterocycles. The van der Waals surface area contributed by atoms with Gasteiger partial charge in [0.15, 0.2) is 0 Å². The molecule has 0 saturated carbocycles. The minimum Gasteiger partial charge on any atom is -0.385 e. The first-order valence-electron chi connectivity index (χ1n) is 7.42. The fraction of sp³-hybridized carbons (Fsp3) is 0.562. The molecule has 3 nitrogen and oxygen atoms in total. The maximum Gasteiger partial charge on any atom is 0.227 e. The van der Waals surface area contributed by atoms with Gasteiger partial charge in [0.05, 0.1) is 5.92 Å². The largest absolute Gasteiger partial charge is 0.385 e. The molecule has 1 aliphatic rings. The summed E-state index contributed by atoms with van der Waals surface area (Å²) in [6.45, 7) is 1.68. The van der Waals surface area contributed by atoms with Crippen molar-refractivity contribution in [2.45, 2.75) is 31.6 Å². The van der Waals surface area contributed by atoms with Gasteiger partial charge in [-0.2, -0.15) is 11.8 Å². The highest BCUT2D eigenvalue weighted by atomic mass is 32.2. The van der Waals surface area contributed by atoms with Crippen LogP contribution >= 0.6 is 11.8 Å². The van der Waals surface area contributed by atoms with Crippen molar-refractivity contribution in [3.05, 3.63) is 29.8 Å². The van der Waals surface area contributed by atoms with Gasteiger partial charge in [0.2, 0.25) is 5.91 Å². The first-order chi connectivity index (χ1) is 9.83. The van der Waals surface area contributed by atoms with Crippen LogP contribution in [0.25, 0.3) is 0 Å². The number of hydrogen-bond donors (Lipinski definition) is 2. The van der Waals surface area contributed by atoms with Gasteiger partial charge in [0, 0.05) is 18.8 Å². The molecule has 1 aromatic carbocycles. The van der Waals surface area contributed by atoms with E-state index >= 15 is 0 Å². The Kier molecular flexibility index (Phi) is 6.25. The van der Waals surface area contributed by atoms with Crippen LogP contribution in [-0.4, -0.2) is 31.0 Å². The molecule has 0 radical (unpaired) electrons. The van der Waals surface area contributed by atoms with Gasteiger partial charge in [-0.1, -0.05) is 24.6 Å². The van der Waals surface area contributed by atoms with Gasteiger partial charge in [-0.15, -0.1) is 0 Å². The van der Waals surface area contributed by atoms with Crippen molar-refractivity contribution >= 4 is 23.4 Å². The summed E-state index contributed by atoms with van der Waals surface area (Å²) in [7, 11) is 0. The lowest BCUT2D eigenvalue weighted by Gasteiger charge is -2.25. The highest BCUT2D eigenvalue weighted by molar-refractivity contribution is 7.98. The van der Waals surface area contributed by atoms with E-state index in [-0.39, 0.29) is 11.8 Å². The summed E-state index contributed by atoms with van der Waals surface area (Å²) in [5.41, 5.74) is 2.25. The van der Waals surface area contributed by atoms with E-state index in [1.54, 1.807) is 0 Å². The SMILES string of the molecule is CSCCCCCNC(=O)C1CCNc2ccccc21. The second kappa shape index (κ2) is 8.20. The molecular weight excluding hydrogens is 268 g/mol. The molecule has 1 heterocycles. The highest BCUT2D eigenvalue weighted by Gasteiger charge is 2.25. The number of benzene rings is 1. The van der Waals surface area contributed by atoms with Crippen LogP contribution in [0.5, 0.6) is 0 Å². The Balaban J connectivity index is 1.79. The normalized spacial score (nSPS) is 17.1. The smallest absolute Gasteiger partial charge is 0.227 e. The van der Waals surface area contributed by atoms with E-state index in [0.29, 0.717) is 0 Å². The number of unbranched alkanes of at least 4 members (excludes halogenated alkanes) is 2. The Labute approximate surface area is 125 Å². The number of anilines is 1. The Hall–Kier alpha value is -1.16. The van der Waals surface area contributed by atoms with Gasteiger partial charge in [0.1, 0.15) is 0 Å². The Morgan fingerprint density at radius 2 is 2.20 bits per heavy atom. The third kappa shape index (κ3) is 4.17. The Bertz CT molecular complexity index is 436. The first kappa shape index (κ1) is 15.2. The third-order valence-electron chi connectivity index (χ3n) is 3.73. The Morgan fingerprint density at radius 3 is 3.05 bits per heavy atom. The molecule has 1 atom stereocenters. The first-order valence-corrected chi connectivity index (χ1v) is 8.81. The van der Waals surface area contributed by atoms with Crippen molar-refractivity contribution in [1.82, 2.24) is 5.32 Å². The molecule has 2 N–H and O–H groups in total. The zero-order valence-electron chi connectivity index (χ0n) is 12.2. The predicted octanol–water partition coefficient (Wildman–Crippen LogP) is 3.24. The lowest BCUT2D eigenvalue weighted by Crippen LogP contribution is -2.33. The van der Waals surface area contributed by atoms with Gasteiger partial charge in [-0.25, -0.2) is 0 Å². The number of fused-ring (bicyclic) bond motifs is 1. The number of para-hydroxylation sites is 1. The molecule has 2 rings (SSSR count). The summed E-state index contributed by atoms with van der Waals surface area (Å²) in [6, 6.07) is 8.13. The number of thioether (sulfide) groups is 1.